The second-order valence-electron chi connectivity index (χ2n) is 8.13. The molecule has 38 heavy (non-hydrogen) atoms. The highest BCUT2D eigenvalue weighted by molar-refractivity contribution is 6.42. The van der Waals surface area contributed by atoms with Gasteiger partial charge in [-0.2, -0.15) is 0 Å². The molecule has 0 fully saturated rings. The molecule has 10 heteroatoms. The van der Waals surface area contributed by atoms with E-state index in [9.17, 15) is 14.4 Å². The maximum Gasteiger partial charge on any atom is 0.340 e. The smallest absolute Gasteiger partial charge is 0.340 e. The van der Waals surface area contributed by atoms with E-state index >= 15 is 0 Å². The zero-order valence-corrected chi connectivity index (χ0v) is 22.5. The first-order valence-corrected chi connectivity index (χ1v) is 12.4. The Morgan fingerprint density at radius 2 is 1.66 bits per heavy atom. The molecule has 0 radical (unpaired) electrons. The van der Waals surface area contributed by atoms with E-state index in [1.807, 2.05) is 0 Å². The van der Waals surface area contributed by atoms with Gasteiger partial charge in [0.15, 0.2) is 6.61 Å². The number of allylic oxidation sites excluding steroid dienone is 1. The molecule has 0 spiro atoms. The molecule has 2 amide bonds. The molecule has 0 saturated heterocycles. The lowest BCUT2D eigenvalue weighted by Crippen LogP contribution is -2.24. The van der Waals surface area contributed by atoms with E-state index in [-0.39, 0.29) is 28.7 Å². The minimum Gasteiger partial charge on any atom is -0.484 e. The van der Waals surface area contributed by atoms with Crippen molar-refractivity contribution in [2.75, 3.05) is 23.9 Å². The Hall–Kier alpha value is -3.78. The van der Waals surface area contributed by atoms with Crippen molar-refractivity contribution in [2.24, 2.45) is 0 Å². The van der Waals surface area contributed by atoms with E-state index in [2.05, 4.69) is 5.32 Å². The number of ether oxygens (including phenoxy) is 2. The van der Waals surface area contributed by atoms with Crippen molar-refractivity contribution in [3.8, 4) is 5.75 Å². The quantitative estimate of drug-likeness (QED) is 0.257. The summed E-state index contributed by atoms with van der Waals surface area (Å²) in [5.74, 6) is -0.991. The summed E-state index contributed by atoms with van der Waals surface area (Å²) in [6.07, 6.45) is 1.59. The molecule has 3 aromatic carbocycles. The Morgan fingerprint density at radius 3 is 2.32 bits per heavy atom. The van der Waals surface area contributed by atoms with Gasteiger partial charge in [0.25, 0.3) is 11.8 Å². The number of methoxy groups -OCH3 is 1. The van der Waals surface area contributed by atoms with Gasteiger partial charge in [-0.05, 0) is 61.0 Å². The zero-order valence-electron chi connectivity index (χ0n) is 20.3. The van der Waals surface area contributed by atoms with Crippen LogP contribution in [0.5, 0.6) is 5.75 Å². The summed E-state index contributed by atoms with van der Waals surface area (Å²) in [6.45, 7) is 1.43. The Morgan fingerprint density at radius 1 is 0.947 bits per heavy atom. The Labute approximate surface area is 234 Å². The van der Waals surface area contributed by atoms with Crippen LogP contribution in [0.15, 0.2) is 83.6 Å². The molecule has 0 bridgehead atoms. The Kier molecular flexibility index (Phi) is 8.42. The van der Waals surface area contributed by atoms with Crippen molar-refractivity contribution in [3.63, 3.8) is 0 Å². The first-order chi connectivity index (χ1) is 18.2. The molecular formula is C28H21Cl3N2O5. The summed E-state index contributed by atoms with van der Waals surface area (Å²) in [7, 11) is 1.25. The van der Waals surface area contributed by atoms with Gasteiger partial charge in [0.2, 0.25) is 0 Å². The fourth-order valence-electron chi connectivity index (χ4n) is 3.84. The molecule has 1 heterocycles. The Bertz CT molecular complexity index is 1480. The molecule has 0 unspecified atom stereocenters. The summed E-state index contributed by atoms with van der Waals surface area (Å²) in [6, 6.07) is 18.4. The van der Waals surface area contributed by atoms with Crippen molar-refractivity contribution < 1.29 is 23.9 Å². The van der Waals surface area contributed by atoms with Crippen LogP contribution >= 0.6 is 34.8 Å². The third-order valence-electron chi connectivity index (χ3n) is 5.66. The van der Waals surface area contributed by atoms with Crippen molar-refractivity contribution in [2.45, 2.75) is 6.92 Å². The summed E-state index contributed by atoms with van der Waals surface area (Å²) in [4.78, 5) is 39.6. The normalized spacial score (nSPS) is 14.2. The van der Waals surface area contributed by atoms with Crippen LogP contribution in [0.2, 0.25) is 15.1 Å². The van der Waals surface area contributed by atoms with E-state index in [4.69, 9.17) is 44.3 Å². The third-order valence-corrected chi connectivity index (χ3v) is 6.73. The van der Waals surface area contributed by atoms with Crippen LogP contribution in [0.1, 0.15) is 12.5 Å². The van der Waals surface area contributed by atoms with E-state index in [1.54, 1.807) is 79.7 Å². The third kappa shape index (κ3) is 5.86. The van der Waals surface area contributed by atoms with Crippen LogP contribution in [0.3, 0.4) is 0 Å². The number of rotatable bonds is 7. The number of anilines is 2. The number of carbonyl (C=O) groups is 3. The second kappa shape index (κ2) is 11.7. The van der Waals surface area contributed by atoms with Crippen molar-refractivity contribution >= 4 is 70.0 Å². The molecule has 7 nitrogen and oxygen atoms in total. The topological polar surface area (TPSA) is 84.9 Å². The predicted octanol–water partition coefficient (Wildman–Crippen LogP) is 6.54. The van der Waals surface area contributed by atoms with Gasteiger partial charge in [-0.1, -0.05) is 59.1 Å². The van der Waals surface area contributed by atoms with E-state index in [0.29, 0.717) is 38.4 Å². The number of amides is 2. The molecule has 1 aliphatic heterocycles. The van der Waals surface area contributed by atoms with Crippen LogP contribution in [-0.4, -0.2) is 31.5 Å². The molecule has 0 atom stereocenters. The van der Waals surface area contributed by atoms with Gasteiger partial charge in [-0.3, -0.25) is 14.5 Å². The highest BCUT2D eigenvalue weighted by Gasteiger charge is 2.38. The van der Waals surface area contributed by atoms with Gasteiger partial charge in [-0.25, -0.2) is 4.79 Å². The maximum absolute atomic E-state index is 13.4. The molecule has 1 aliphatic rings. The number of benzene rings is 3. The number of para-hydroxylation sites is 1. The van der Waals surface area contributed by atoms with Crippen molar-refractivity contribution in [3.05, 3.63) is 104 Å². The van der Waals surface area contributed by atoms with E-state index in [1.165, 1.54) is 12.0 Å². The number of carbonyl (C=O) groups excluding carboxylic acids is 3. The minimum atomic E-state index is -0.644. The molecule has 194 valence electrons. The first kappa shape index (κ1) is 27.3. The van der Waals surface area contributed by atoms with Gasteiger partial charge in [0, 0.05) is 5.70 Å². The first-order valence-electron chi connectivity index (χ1n) is 11.3. The van der Waals surface area contributed by atoms with Gasteiger partial charge in [0.05, 0.1) is 44.7 Å². The van der Waals surface area contributed by atoms with Crippen molar-refractivity contribution in [1.29, 1.82) is 0 Å². The molecule has 4 rings (SSSR count). The number of nitrogens with zero attached hydrogens (tertiary/aromatic N) is 1. The van der Waals surface area contributed by atoms with E-state index < -0.39 is 11.9 Å². The van der Waals surface area contributed by atoms with Gasteiger partial charge in [-0.15, -0.1) is 0 Å². The summed E-state index contributed by atoms with van der Waals surface area (Å²) in [5, 5.41) is 3.73. The highest BCUT2D eigenvalue weighted by atomic mass is 35.5. The van der Waals surface area contributed by atoms with Crippen LogP contribution in [0.4, 0.5) is 11.4 Å². The summed E-state index contributed by atoms with van der Waals surface area (Å²) < 4.78 is 10.5. The summed E-state index contributed by atoms with van der Waals surface area (Å²) >= 11 is 18.2. The van der Waals surface area contributed by atoms with E-state index in [0.717, 1.165) is 0 Å². The molecular weight excluding hydrogens is 551 g/mol. The molecule has 0 saturated carbocycles. The number of nitrogens with one attached hydrogen (secondary N) is 1. The SMILES string of the molecule is COC(=O)C1=C(C)N(c2ccc(Cl)c(Cl)c2)C(=O)/C1=C\c1ccc(OCC(=O)Nc2ccccc2Cl)cc1. The van der Waals surface area contributed by atoms with Gasteiger partial charge in [0.1, 0.15) is 5.75 Å². The second-order valence-corrected chi connectivity index (χ2v) is 9.36. The Balaban J connectivity index is 1.52. The number of hydrogen-bond acceptors (Lipinski definition) is 5. The van der Waals surface area contributed by atoms with Gasteiger partial charge >= 0.3 is 5.97 Å². The molecule has 1 N–H and O–H groups in total. The lowest BCUT2D eigenvalue weighted by Gasteiger charge is -2.18. The monoisotopic (exact) mass is 570 g/mol. The standard InChI is InChI=1S/C28H21Cl3N2O5/c1-16-26(28(36)37-2)20(27(35)33(16)18-9-12-21(29)23(31)14-18)13-17-7-10-19(11-8-17)38-15-25(34)32-24-6-4-3-5-22(24)30/h3-14H,15H2,1-2H3,(H,32,34)/b20-13-. The predicted molar refractivity (Wildman–Crippen MR) is 149 cm³/mol. The highest BCUT2D eigenvalue weighted by Crippen LogP contribution is 2.37. The molecule has 3 aromatic rings. The fraction of sp³-hybridized carbons (Fsp3) is 0.107. The average Bonchev–Trinajstić information content (AvgIpc) is 3.15. The minimum absolute atomic E-state index is 0.139. The van der Waals surface area contributed by atoms with Crippen LogP contribution in [0.25, 0.3) is 6.08 Å². The van der Waals surface area contributed by atoms with Crippen LogP contribution in [-0.2, 0) is 19.1 Å². The number of halogens is 3. The fourth-order valence-corrected chi connectivity index (χ4v) is 4.32. The number of esters is 1. The van der Waals surface area contributed by atoms with Gasteiger partial charge < -0.3 is 14.8 Å². The molecule has 0 aromatic heterocycles. The lowest BCUT2D eigenvalue weighted by molar-refractivity contribution is -0.136. The maximum atomic E-state index is 13.4. The van der Waals surface area contributed by atoms with Crippen LogP contribution < -0.4 is 15.0 Å². The average molecular weight is 572 g/mol. The van der Waals surface area contributed by atoms with Crippen LogP contribution in [0, 0.1) is 0 Å². The zero-order chi connectivity index (χ0) is 27.4. The lowest BCUT2D eigenvalue weighted by atomic mass is 10.0. The molecule has 0 aliphatic carbocycles. The largest absolute Gasteiger partial charge is 0.484 e. The summed E-state index contributed by atoms with van der Waals surface area (Å²) in [5.41, 5.74) is 2.28. The van der Waals surface area contributed by atoms with Crippen molar-refractivity contribution in [1.82, 2.24) is 0 Å². The number of hydrogen-bond donors (Lipinski definition) is 1.